The largest absolute Gasteiger partial charge is 0.481 e. The molecule has 0 spiro atoms. The van der Waals surface area contributed by atoms with Gasteiger partial charge in [0.05, 0.1) is 5.41 Å². The number of aliphatic carboxylic acids is 1. The summed E-state index contributed by atoms with van der Waals surface area (Å²) in [4.78, 5) is 25.6. The maximum Gasteiger partial charge on any atom is 0.309 e. The molecule has 1 saturated heterocycles. The van der Waals surface area contributed by atoms with Crippen molar-refractivity contribution in [1.29, 1.82) is 0 Å². The van der Waals surface area contributed by atoms with E-state index in [2.05, 4.69) is 12.2 Å². The fraction of sp³-hybridized carbons (Fsp3) is 0.750. The van der Waals surface area contributed by atoms with Crippen LogP contribution >= 0.6 is 0 Å². The third-order valence-electron chi connectivity index (χ3n) is 4.90. The fourth-order valence-electron chi connectivity index (χ4n) is 3.19. The van der Waals surface area contributed by atoms with Crippen molar-refractivity contribution in [2.24, 2.45) is 17.3 Å². The van der Waals surface area contributed by atoms with Crippen LogP contribution in [0.4, 0.5) is 0 Å². The van der Waals surface area contributed by atoms with Gasteiger partial charge in [-0.05, 0) is 51.4 Å². The second-order valence-electron chi connectivity index (χ2n) is 6.68. The van der Waals surface area contributed by atoms with E-state index in [1.54, 1.807) is 13.8 Å². The molecule has 1 fully saturated rings. The Hall–Kier alpha value is -1.32. The van der Waals surface area contributed by atoms with Gasteiger partial charge in [-0.1, -0.05) is 12.2 Å². The number of nitrogens with zero attached hydrogens (tertiary/aromatic N) is 1. The average Bonchev–Trinajstić information content (AvgIpc) is 2.91. The van der Waals surface area contributed by atoms with Crippen LogP contribution in [0, 0.1) is 17.3 Å². The van der Waals surface area contributed by atoms with Crippen LogP contribution in [0.2, 0.25) is 0 Å². The smallest absolute Gasteiger partial charge is 0.309 e. The fourth-order valence-corrected chi connectivity index (χ4v) is 3.19. The van der Waals surface area contributed by atoms with Crippen molar-refractivity contribution < 1.29 is 14.7 Å². The minimum atomic E-state index is -0.768. The minimum absolute atomic E-state index is 0.0526. The van der Waals surface area contributed by atoms with Gasteiger partial charge in [0.1, 0.15) is 0 Å². The number of piperidine rings is 1. The molecule has 4 heteroatoms. The number of hydrogen-bond donors (Lipinski definition) is 1. The van der Waals surface area contributed by atoms with Crippen LogP contribution in [0.15, 0.2) is 12.2 Å². The molecule has 0 bridgehead atoms. The molecule has 2 rings (SSSR count). The number of amides is 1. The summed E-state index contributed by atoms with van der Waals surface area (Å²) in [7, 11) is 0. The van der Waals surface area contributed by atoms with Crippen LogP contribution in [-0.4, -0.2) is 35.0 Å². The van der Waals surface area contributed by atoms with Crippen molar-refractivity contribution in [2.75, 3.05) is 13.1 Å². The Bertz CT molecular complexity index is 414. The van der Waals surface area contributed by atoms with Gasteiger partial charge >= 0.3 is 5.97 Å². The summed E-state index contributed by atoms with van der Waals surface area (Å²) < 4.78 is 0. The van der Waals surface area contributed by atoms with Gasteiger partial charge in [0, 0.05) is 19.5 Å². The number of carboxylic acids is 1. The Morgan fingerprint density at radius 2 is 2.10 bits per heavy atom. The molecule has 1 amide bonds. The SMILES string of the molecule is CC(C)(C(=O)O)C1CCCN(C(=O)CC2C=CCC2)C1. The first kappa shape index (κ1) is 15.1. The molecule has 0 aromatic heterocycles. The topological polar surface area (TPSA) is 57.6 Å². The number of allylic oxidation sites excluding steroid dienone is 2. The predicted molar refractivity (Wildman–Crippen MR) is 77.2 cm³/mol. The molecule has 2 atom stereocenters. The second kappa shape index (κ2) is 5.98. The summed E-state index contributed by atoms with van der Waals surface area (Å²) in [5.74, 6) is -0.143. The normalized spacial score (nSPS) is 26.8. The van der Waals surface area contributed by atoms with E-state index in [0.29, 0.717) is 18.9 Å². The van der Waals surface area contributed by atoms with Crippen LogP contribution < -0.4 is 0 Å². The zero-order valence-corrected chi connectivity index (χ0v) is 12.5. The van der Waals surface area contributed by atoms with Crippen molar-refractivity contribution in [3.63, 3.8) is 0 Å². The van der Waals surface area contributed by atoms with Crippen LogP contribution in [0.25, 0.3) is 0 Å². The Balaban J connectivity index is 1.94. The maximum absolute atomic E-state index is 12.3. The first-order chi connectivity index (χ1) is 9.41. The minimum Gasteiger partial charge on any atom is -0.481 e. The van der Waals surface area contributed by atoms with Crippen molar-refractivity contribution in [1.82, 2.24) is 4.90 Å². The molecule has 1 aliphatic heterocycles. The van der Waals surface area contributed by atoms with Gasteiger partial charge in [-0.15, -0.1) is 0 Å². The lowest BCUT2D eigenvalue weighted by atomic mass is 9.74. The Labute approximate surface area is 120 Å². The summed E-state index contributed by atoms with van der Waals surface area (Å²) in [5, 5.41) is 9.34. The predicted octanol–water partition coefficient (Wildman–Crippen LogP) is 2.69. The molecule has 1 aliphatic carbocycles. The lowest BCUT2D eigenvalue weighted by Gasteiger charge is -2.39. The van der Waals surface area contributed by atoms with E-state index >= 15 is 0 Å². The molecule has 0 aromatic rings. The van der Waals surface area contributed by atoms with Gasteiger partial charge in [0.2, 0.25) is 5.91 Å². The summed E-state index contributed by atoms with van der Waals surface area (Å²) >= 11 is 0. The molecule has 1 N–H and O–H groups in total. The summed E-state index contributed by atoms with van der Waals surface area (Å²) in [6.45, 7) is 4.91. The van der Waals surface area contributed by atoms with Gasteiger partial charge in [0.25, 0.3) is 0 Å². The zero-order chi connectivity index (χ0) is 14.8. The number of carboxylic acid groups (broad SMARTS) is 1. The van der Waals surface area contributed by atoms with E-state index in [0.717, 1.165) is 32.2 Å². The van der Waals surface area contributed by atoms with Crippen LogP contribution in [-0.2, 0) is 9.59 Å². The zero-order valence-electron chi connectivity index (χ0n) is 12.5. The number of carbonyl (C=O) groups is 2. The van der Waals surface area contributed by atoms with Crippen LogP contribution in [0.1, 0.15) is 46.0 Å². The molecule has 20 heavy (non-hydrogen) atoms. The van der Waals surface area contributed by atoms with Crippen molar-refractivity contribution in [3.8, 4) is 0 Å². The van der Waals surface area contributed by atoms with Gasteiger partial charge < -0.3 is 10.0 Å². The Morgan fingerprint density at radius 1 is 1.35 bits per heavy atom. The molecule has 112 valence electrons. The number of hydrogen-bond acceptors (Lipinski definition) is 2. The third kappa shape index (κ3) is 3.22. The van der Waals surface area contributed by atoms with Crippen LogP contribution in [0.5, 0.6) is 0 Å². The standard InChI is InChI=1S/C16H25NO3/c1-16(2,15(19)20)13-8-5-9-17(11-13)14(18)10-12-6-3-4-7-12/h3,6,12-13H,4-5,7-11H2,1-2H3,(H,19,20). The molecular formula is C16H25NO3. The molecule has 4 nitrogen and oxygen atoms in total. The van der Waals surface area contributed by atoms with E-state index in [1.807, 2.05) is 4.90 Å². The second-order valence-corrected chi connectivity index (χ2v) is 6.68. The first-order valence-corrected chi connectivity index (χ1v) is 7.59. The number of rotatable bonds is 4. The Morgan fingerprint density at radius 3 is 2.70 bits per heavy atom. The van der Waals surface area contributed by atoms with Crippen LogP contribution in [0.3, 0.4) is 0 Å². The lowest BCUT2D eigenvalue weighted by Crippen LogP contribution is -2.47. The lowest BCUT2D eigenvalue weighted by molar-refractivity contribution is -0.153. The molecule has 0 radical (unpaired) electrons. The summed E-state index contributed by atoms with van der Waals surface area (Å²) in [5.41, 5.74) is -0.758. The van der Waals surface area contributed by atoms with Crippen molar-refractivity contribution >= 4 is 11.9 Å². The van der Waals surface area contributed by atoms with E-state index in [-0.39, 0.29) is 11.8 Å². The van der Waals surface area contributed by atoms with Gasteiger partial charge in [0.15, 0.2) is 0 Å². The number of carbonyl (C=O) groups excluding carboxylic acids is 1. The van der Waals surface area contributed by atoms with Gasteiger partial charge in [-0.25, -0.2) is 0 Å². The molecular weight excluding hydrogens is 254 g/mol. The highest BCUT2D eigenvalue weighted by Gasteiger charge is 2.40. The van der Waals surface area contributed by atoms with E-state index in [1.165, 1.54) is 0 Å². The van der Waals surface area contributed by atoms with E-state index < -0.39 is 11.4 Å². The van der Waals surface area contributed by atoms with E-state index in [4.69, 9.17) is 0 Å². The van der Waals surface area contributed by atoms with E-state index in [9.17, 15) is 14.7 Å². The molecule has 1 heterocycles. The highest BCUT2D eigenvalue weighted by molar-refractivity contribution is 5.77. The quantitative estimate of drug-likeness (QED) is 0.805. The highest BCUT2D eigenvalue weighted by Crippen LogP contribution is 2.34. The summed E-state index contributed by atoms with van der Waals surface area (Å²) in [6, 6.07) is 0. The molecule has 2 aliphatic rings. The van der Waals surface area contributed by atoms with Crippen molar-refractivity contribution in [3.05, 3.63) is 12.2 Å². The monoisotopic (exact) mass is 279 g/mol. The highest BCUT2D eigenvalue weighted by atomic mass is 16.4. The van der Waals surface area contributed by atoms with Crippen molar-refractivity contribution in [2.45, 2.75) is 46.0 Å². The molecule has 2 unspecified atom stereocenters. The van der Waals surface area contributed by atoms with Gasteiger partial charge in [-0.3, -0.25) is 9.59 Å². The molecule has 0 aromatic carbocycles. The first-order valence-electron chi connectivity index (χ1n) is 7.59. The molecule has 0 saturated carbocycles. The third-order valence-corrected chi connectivity index (χ3v) is 4.90. The van der Waals surface area contributed by atoms with Gasteiger partial charge in [-0.2, -0.15) is 0 Å². The number of likely N-dealkylation sites (tertiary alicyclic amines) is 1. The maximum atomic E-state index is 12.3. The average molecular weight is 279 g/mol. The summed E-state index contributed by atoms with van der Waals surface area (Å²) in [6.07, 6.45) is 8.82. The Kier molecular flexibility index (Phi) is 4.51.